The van der Waals surface area contributed by atoms with Gasteiger partial charge in [0.05, 0.1) is 20.3 Å². The summed E-state index contributed by atoms with van der Waals surface area (Å²) in [5.41, 5.74) is -1.65. The third kappa shape index (κ3) is 5.23. The molecule has 1 aromatic heterocycles. The van der Waals surface area contributed by atoms with Gasteiger partial charge in [0.2, 0.25) is 0 Å². The minimum Gasteiger partial charge on any atom is -0.480 e. The van der Waals surface area contributed by atoms with Crippen molar-refractivity contribution in [3.63, 3.8) is 0 Å². The normalized spacial score (nSPS) is 12.8. The molecule has 1 heterocycles. The molecule has 0 aliphatic heterocycles. The first-order valence-corrected chi connectivity index (χ1v) is 8.44. The smallest absolute Gasteiger partial charge is 0.413 e. The minimum absolute atomic E-state index is 0.0721. The first-order chi connectivity index (χ1) is 12.9. The summed E-state index contributed by atoms with van der Waals surface area (Å²) >= 11 is 0.940. The van der Waals surface area contributed by atoms with Crippen LogP contribution in [0.4, 0.5) is 9.93 Å². The van der Waals surface area contributed by atoms with E-state index >= 15 is 0 Å². The van der Waals surface area contributed by atoms with Gasteiger partial charge >= 0.3 is 18.0 Å². The van der Waals surface area contributed by atoms with Crippen LogP contribution in [0.25, 0.3) is 0 Å². The summed E-state index contributed by atoms with van der Waals surface area (Å²) in [7, 11) is 1.17. The van der Waals surface area contributed by atoms with Gasteiger partial charge in [0, 0.05) is 5.38 Å². The lowest BCUT2D eigenvalue weighted by atomic mass is 10.1. The molecule has 0 aliphatic carbocycles. The largest absolute Gasteiger partial charge is 0.480 e. The number of benzene rings is 1. The standard InChI is InChI=1S/C16H17N3O7S/c1-25-15(24)19-14-18-11(9-27-14)16(13(22)23,17-7-12(20)21)26-8-10-5-3-2-4-6-10/h2-6,9,17H,7-8H2,1H3,(H,20,21)(H,22,23)(H,18,19,24). The van der Waals surface area contributed by atoms with Gasteiger partial charge in [-0.05, 0) is 5.56 Å². The van der Waals surface area contributed by atoms with Crippen LogP contribution in [0.3, 0.4) is 0 Å². The van der Waals surface area contributed by atoms with Crippen molar-refractivity contribution in [3.05, 3.63) is 47.0 Å². The van der Waals surface area contributed by atoms with Crippen LogP contribution in [0.15, 0.2) is 35.7 Å². The van der Waals surface area contributed by atoms with Crippen molar-refractivity contribution in [2.75, 3.05) is 19.0 Å². The van der Waals surface area contributed by atoms with Gasteiger partial charge in [-0.2, -0.15) is 0 Å². The highest BCUT2D eigenvalue weighted by atomic mass is 32.1. The van der Waals surface area contributed by atoms with E-state index in [4.69, 9.17) is 9.84 Å². The maximum atomic E-state index is 12.0. The topological polar surface area (TPSA) is 147 Å². The number of aromatic nitrogens is 1. The first kappa shape index (κ1) is 20.3. The maximum absolute atomic E-state index is 12.0. The molecule has 1 unspecified atom stereocenters. The molecule has 0 bridgehead atoms. The van der Waals surface area contributed by atoms with E-state index in [1.165, 1.54) is 12.5 Å². The number of anilines is 1. The van der Waals surface area contributed by atoms with E-state index in [-0.39, 0.29) is 17.4 Å². The Bertz CT molecular complexity index is 811. The second-order valence-corrected chi connectivity index (χ2v) is 6.02. The highest BCUT2D eigenvalue weighted by molar-refractivity contribution is 7.13. The molecule has 1 atom stereocenters. The lowest BCUT2D eigenvalue weighted by Gasteiger charge is -2.28. The number of nitrogens with one attached hydrogen (secondary N) is 2. The summed E-state index contributed by atoms with van der Waals surface area (Å²) in [4.78, 5) is 38.3. The molecule has 0 fully saturated rings. The number of hydrogen-bond acceptors (Lipinski definition) is 8. The molecule has 2 rings (SSSR count). The van der Waals surface area contributed by atoms with E-state index in [1.807, 2.05) is 0 Å². The molecule has 0 radical (unpaired) electrons. The van der Waals surface area contributed by atoms with Crippen molar-refractivity contribution in [1.29, 1.82) is 0 Å². The Morgan fingerprint density at radius 3 is 2.52 bits per heavy atom. The zero-order valence-corrected chi connectivity index (χ0v) is 15.0. The van der Waals surface area contributed by atoms with Gasteiger partial charge in [-0.15, -0.1) is 11.3 Å². The Morgan fingerprint density at radius 2 is 1.93 bits per heavy atom. The van der Waals surface area contributed by atoms with E-state index < -0.39 is 30.3 Å². The Labute approximate surface area is 157 Å². The average molecular weight is 395 g/mol. The zero-order valence-electron chi connectivity index (χ0n) is 14.2. The molecule has 27 heavy (non-hydrogen) atoms. The highest BCUT2D eigenvalue weighted by Gasteiger charge is 2.44. The van der Waals surface area contributed by atoms with Crippen molar-refractivity contribution in [1.82, 2.24) is 10.3 Å². The van der Waals surface area contributed by atoms with Gasteiger partial charge in [-0.3, -0.25) is 15.4 Å². The van der Waals surface area contributed by atoms with Crippen LogP contribution in [0, 0.1) is 0 Å². The number of rotatable bonds is 9. The van der Waals surface area contributed by atoms with Crippen LogP contribution in [-0.2, 0) is 31.4 Å². The Hall–Kier alpha value is -3.02. The van der Waals surface area contributed by atoms with E-state index in [0.717, 1.165) is 11.3 Å². The van der Waals surface area contributed by atoms with Crippen LogP contribution in [-0.4, -0.2) is 46.9 Å². The molecule has 2 aromatic rings. The quantitative estimate of drug-likeness (QED) is 0.463. The second-order valence-electron chi connectivity index (χ2n) is 5.16. The van der Waals surface area contributed by atoms with E-state index in [1.54, 1.807) is 30.3 Å². The van der Waals surface area contributed by atoms with Crippen LogP contribution < -0.4 is 10.6 Å². The second kappa shape index (κ2) is 9.07. The Balaban J connectivity index is 2.33. The summed E-state index contributed by atoms with van der Waals surface area (Å²) in [5, 5.41) is 24.8. The number of nitrogens with zero attached hydrogens (tertiary/aromatic N) is 1. The van der Waals surface area contributed by atoms with Gasteiger partial charge in [0.1, 0.15) is 5.69 Å². The lowest BCUT2D eigenvalue weighted by Crippen LogP contribution is -2.53. The predicted molar refractivity (Wildman–Crippen MR) is 94.3 cm³/mol. The van der Waals surface area contributed by atoms with Gasteiger partial charge in [-0.1, -0.05) is 30.3 Å². The molecule has 0 saturated carbocycles. The van der Waals surface area contributed by atoms with Gasteiger partial charge in [0.25, 0.3) is 5.72 Å². The first-order valence-electron chi connectivity index (χ1n) is 7.56. The summed E-state index contributed by atoms with van der Waals surface area (Å²) in [5.74, 6) is -2.75. The average Bonchev–Trinajstić information content (AvgIpc) is 3.11. The molecule has 1 amide bonds. The van der Waals surface area contributed by atoms with E-state index in [9.17, 15) is 19.5 Å². The van der Waals surface area contributed by atoms with E-state index in [0.29, 0.717) is 5.56 Å². The Kier molecular flexibility index (Phi) is 6.82. The molecule has 1 aromatic carbocycles. The summed E-state index contributed by atoms with van der Waals surface area (Å²) in [6.45, 7) is -0.796. The number of aliphatic carboxylic acids is 2. The monoisotopic (exact) mass is 395 g/mol. The van der Waals surface area contributed by atoms with Crippen molar-refractivity contribution in [3.8, 4) is 0 Å². The summed E-state index contributed by atoms with van der Waals surface area (Å²) in [6, 6.07) is 8.77. The molecular formula is C16H17N3O7S. The third-order valence-electron chi connectivity index (χ3n) is 3.35. The van der Waals surface area contributed by atoms with Crippen molar-refractivity contribution < 1.29 is 34.1 Å². The van der Waals surface area contributed by atoms with Crippen molar-refractivity contribution >= 4 is 34.5 Å². The van der Waals surface area contributed by atoms with Gasteiger partial charge in [0.15, 0.2) is 5.13 Å². The Morgan fingerprint density at radius 1 is 1.22 bits per heavy atom. The molecule has 0 spiro atoms. The number of carbonyl (C=O) groups is 3. The van der Waals surface area contributed by atoms with Gasteiger partial charge in [-0.25, -0.2) is 14.6 Å². The van der Waals surface area contributed by atoms with Crippen LogP contribution >= 0.6 is 11.3 Å². The molecular weight excluding hydrogens is 378 g/mol. The fourth-order valence-corrected chi connectivity index (χ4v) is 2.79. The summed E-state index contributed by atoms with van der Waals surface area (Å²) < 4.78 is 10.0. The molecule has 10 nitrogen and oxygen atoms in total. The molecule has 4 N–H and O–H groups in total. The molecule has 0 saturated heterocycles. The van der Waals surface area contributed by atoms with Crippen molar-refractivity contribution in [2.45, 2.75) is 12.3 Å². The highest BCUT2D eigenvalue weighted by Crippen LogP contribution is 2.28. The number of carboxylic acids is 2. The van der Waals surface area contributed by atoms with Gasteiger partial charge < -0.3 is 19.7 Å². The molecule has 0 aliphatic rings. The van der Waals surface area contributed by atoms with Crippen LogP contribution in [0.1, 0.15) is 11.3 Å². The SMILES string of the molecule is COC(=O)Nc1nc(C(NCC(=O)O)(OCc2ccccc2)C(=O)O)cs1. The molecule has 144 valence electrons. The fraction of sp³-hybridized carbons (Fsp3) is 0.250. The van der Waals surface area contributed by atoms with Crippen LogP contribution in [0.5, 0.6) is 0 Å². The number of carboxylic acid groups (broad SMARTS) is 2. The number of carbonyl (C=O) groups excluding carboxylic acids is 1. The maximum Gasteiger partial charge on any atom is 0.413 e. The lowest BCUT2D eigenvalue weighted by molar-refractivity contribution is -0.177. The number of hydrogen-bond donors (Lipinski definition) is 4. The number of amides is 1. The summed E-state index contributed by atoms with van der Waals surface area (Å²) in [6.07, 6.45) is -0.777. The minimum atomic E-state index is -2.22. The predicted octanol–water partition coefficient (Wildman–Crippen LogP) is 1.45. The zero-order chi connectivity index (χ0) is 19.9. The molecule has 11 heteroatoms. The van der Waals surface area contributed by atoms with E-state index in [2.05, 4.69) is 20.4 Å². The van der Waals surface area contributed by atoms with Crippen LogP contribution in [0.2, 0.25) is 0 Å². The van der Waals surface area contributed by atoms with Crippen molar-refractivity contribution in [2.24, 2.45) is 0 Å². The number of methoxy groups -OCH3 is 1. The third-order valence-corrected chi connectivity index (χ3v) is 4.10. The fourth-order valence-electron chi connectivity index (χ4n) is 2.06. The number of thiazole rings is 1. The number of ether oxygens (including phenoxy) is 2.